The number of likely N-dealkylation sites (tertiary alicyclic amines) is 1. The lowest BCUT2D eigenvalue weighted by molar-refractivity contribution is -0.138. The third-order valence-electron chi connectivity index (χ3n) is 3.37. The van der Waals surface area contributed by atoms with Crippen molar-refractivity contribution in [2.75, 3.05) is 6.54 Å². The third-order valence-corrected chi connectivity index (χ3v) is 3.37. The van der Waals surface area contributed by atoms with Crippen molar-refractivity contribution in [2.24, 2.45) is 11.7 Å². The highest BCUT2D eigenvalue weighted by molar-refractivity contribution is 5.77. The van der Waals surface area contributed by atoms with E-state index in [1.807, 2.05) is 24.0 Å². The van der Waals surface area contributed by atoms with E-state index in [9.17, 15) is 4.79 Å². The quantitative estimate of drug-likeness (QED) is 0.895. The highest BCUT2D eigenvalue weighted by atomic mass is 16.3. The van der Waals surface area contributed by atoms with Crippen molar-refractivity contribution >= 4 is 5.91 Å². The molecule has 0 aliphatic carbocycles. The van der Waals surface area contributed by atoms with Gasteiger partial charge in [-0.3, -0.25) is 4.79 Å². The molecule has 0 spiro atoms. The zero-order valence-corrected chi connectivity index (χ0v) is 11.3. The second-order valence-corrected chi connectivity index (χ2v) is 5.54. The standard InChI is InChI=1S/C14H22N2O2/c1-9(2)8-16-13(17)7-5-11(15)14(16)12-6-4-10(3)18-12/h4,6,9,11,14H,5,7-8,15H2,1-3H3. The summed E-state index contributed by atoms with van der Waals surface area (Å²) in [6.07, 6.45) is 1.28. The second-order valence-electron chi connectivity index (χ2n) is 5.54. The number of hydrogen-bond acceptors (Lipinski definition) is 3. The van der Waals surface area contributed by atoms with E-state index >= 15 is 0 Å². The Morgan fingerprint density at radius 2 is 2.22 bits per heavy atom. The van der Waals surface area contributed by atoms with E-state index in [1.165, 1.54) is 0 Å². The van der Waals surface area contributed by atoms with Gasteiger partial charge in [0.05, 0.1) is 0 Å². The van der Waals surface area contributed by atoms with E-state index < -0.39 is 0 Å². The van der Waals surface area contributed by atoms with E-state index in [0.717, 1.165) is 24.5 Å². The van der Waals surface area contributed by atoms with Crippen LogP contribution in [0.4, 0.5) is 0 Å². The zero-order valence-electron chi connectivity index (χ0n) is 11.3. The molecule has 2 unspecified atom stereocenters. The lowest BCUT2D eigenvalue weighted by atomic mass is 9.93. The number of furan rings is 1. The van der Waals surface area contributed by atoms with Crippen LogP contribution in [0.2, 0.25) is 0 Å². The summed E-state index contributed by atoms with van der Waals surface area (Å²) in [7, 11) is 0. The Morgan fingerprint density at radius 3 is 2.78 bits per heavy atom. The van der Waals surface area contributed by atoms with Gasteiger partial charge in [-0.2, -0.15) is 0 Å². The number of rotatable bonds is 3. The summed E-state index contributed by atoms with van der Waals surface area (Å²) in [5, 5.41) is 0. The van der Waals surface area contributed by atoms with Crippen molar-refractivity contribution in [3.05, 3.63) is 23.7 Å². The Labute approximate surface area is 108 Å². The van der Waals surface area contributed by atoms with Crippen LogP contribution in [-0.4, -0.2) is 23.4 Å². The molecule has 18 heavy (non-hydrogen) atoms. The fourth-order valence-electron chi connectivity index (χ4n) is 2.56. The summed E-state index contributed by atoms with van der Waals surface area (Å²) in [6, 6.07) is 3.72. The number of carbonyl (C=O) groups excluding carboxylic acids is 1. The molecule has 1 aromatic heterocycles. The summed E-state index contributed by atoms with van der Waals surface area (Å²) in [6.45, 7) is 6.86. The first kappa shape index (κ1) is 13.1. The van der Waals surface area contributed by atoms with E-state index in [0.29, 0.717) is 12.3 Å². The molecule has 4 nitrogen and oxygen atoms in total. The van der Waals surface area contributed by atoms with Crippen LogP contribution in [-0.2, 0) is 4.79 Å². The molecule has 1 aliphatic rings. The Kier molecular flexibility index (Phi) is 3.76. The minimum absolute atomic E-state index is 0.0352. The summed E-state index contributed by atoms with van der Waals surface area (Å²) in [5.74, 6) is 2.29. The Morgan fingerprint density at radius 1 is 1.50 bits per heavy atom. The van der Waals surface area contributed by atoms with Gasteiger partial charge in [0.25, 0.3) is 0 Å². The monoisotopic (exact) mass is 250 g/mol. The maximum absolute atomic E-state index is 12.1. The minimum Gasteiger partial charge on any atom is -0.464 e. The highest BCUT2D eigenvalue weighted by Gasteiger charge is 2.36. The van der Waals surface area contributed by atoms with Crippen LogP contribution < -0.4 is 5.73 Å². The predicted octanol–water partition coefficient (Wildman–Crippen LogP) is 2.23. The van der Waals surface area contributed by atoms with Crippen molar-refractivity contribution in [3.63, 3.8) is 0 Å². The SMILES string of the molecule is Cc1ccc(C2C(N)CCC(=O)N2CC(C)C)o1. The smallest absolute Gasteiger partial charge is 0.223 e. The van der Waals surface area contributed by atoms with Gasteiger partial charge in [0.1, 0.15) is 17.6 Å². The first-order chi connectivity index (χ1) is 8.49. The van der Waals surface area contributed by atoms with Gasteiger partial charge in [-0.05, 0) is 31.4 Å². The van der Waals surface area contributed by atoms with E-state index in [-0.39, 0.29) is 18.0 Å². The zero-order chi connectivity index (χ0) is 13.3. The number of nitrogens with two attached hydrogens (primary N) is 1. The fourth-order valence-corrected chi connectivity index (χ4v) is 2.56. The lowest BCUT2D eigenvalue weighted by Gasteiger charge is -2.39. The van der Waals surface area contributed by atoms with Crippen molar-refractivity contribution in [1.82, 2.24) is 4.90 Å². The molecule has 0 radical (unpaired) electrons. The molecule has 2 rings (SSSR count). The molecular formula is C14H22N2O2. The summed E-state index contributed by atoms with van der Waals surface area (Å²) < 4.78 is 5.68. The molecule has 0 aromatic carbocycles. The molecule has 4 heteroatoms. The van der Waals surface area contributed by atoms with Gasteiger partial charge < -0.3 is 15.1 Å². The molecule has 0 saturated carbocycles. The average Bonchev–Trinajstić information content (AvgIpc) is 2.70. The highest BCUT2D eigenvalue weighted by Crippen LogP contribution is 2.32. The van der Waals surface area contributed by atoms with Crippen LogP contribution in [0.25, 0.3) is 0 Å². The van der Waals surface area contributed by atoms with Gasteiger partial charge in [-0.15, -0.1) is 0 Å². The number of amides is 1. The van der Waals surface area contributed by atoms with Crippen molar-refractivity contribution < 1.29 is 9.21 Å². The molecule has 0 bridgehead atoms. The topological polar surface area (TPSA) is 59.5 Å². The maximum Gasteiger partial charge on any atom is 0.223 e. The van der Waals surface area contributed by atoms with Crippen molar-refractivity contribution in [3.8, 4) is 0 Å². The minimum atomic E-state index is -0.109. The molecule has 2 heterocycles. The molecule has 1 saturated heterocycles. The van der Waals surface area contributed by atoms with Crippen LogP contribution in [0.5, 0.6) is 0 Å². The first-order valence-corrected chi connectivity index (χ1v) is 6.60. The number of hydrogen-bond donors (Lipinski definition) is 1. The van der Waals surface area contributed by atoms with Crippen LogP contribution in [0.15, 0.2) is 16.5 Å². The molecule has 1 amide bonds. The molecule has 1 aromatic rings. The summed E-state index contributed by atoms with van der Waals surface area (Å²) in [4.78, 5) is 14.0. The second kappa shape index (κ2) is 5.14. The van der Waals surface area contributed by atoms with E-state index in [4.69, 9.17) is 10.2 Å². The largest absolute Gasteiger partial charge is 0.464 e. The van der Waals surface area contributed by atoms with Crippen molar-refractivity contribution in [2.45, 2.75) is 45.7 Å². The normalized spacial score (nSPS) is 24.9. The molecular weight excluding hydrogens is 228 g/mol. The van der Waals surface area contributed by atoms with Crippen LogP contribution in [0.3, 0.4) is 0 Å². The molecule has 100 valence electrons. The number of piperidine rings is 1. The number of carbonyl (C=O) groups is 1. The summed E-state index contributed by atoms with van der Waals surface area (Å²) in [5.41, 5.74) is 6.19. The maximum atomic E-state index is 12.1. The van der Waals surface area contributed by atoms with E-state index in [2.05, 4.69) is 13.8 Å². The van der Waals surface area contributed by atoms with Gasteiger partial charge in [0.15, 0.2) is 0 Å². The van der Waals surface area contributed by atoms with Crippen LogP contribution in [0.1, 0.15) is 44.3 Å². The third kappa shape index (κ3) is 2.58. The van der Waals surface area contributed by atoms with Gasteiger partial charge >= 0.3 is 0 Å². The van der Waals surface area contributed by atoms with Crippen LogP contribution >= 0.6 is 0 Å². The predicted molar refractivity (Wildman–Crippen MR) is 69.9 cm³/mol. The summed E-state index contributed by atoms with van der Waals surface area (Å²) >= 11 is 0. The molecule has 1 fully saturated rings. The Balaban J connectivity index is 2.28. The van der Waals surface area contributed by atoms with Crippen molar-refractivity contribution in [1.29, 1.82) is 0 Å². The average molecular weight is 250 g/mol. The van der Waals surface area contributed by atoms with Gasteiger partial charge in [0.2, 0.25) is 5.91 Å². The molecule has 1 aliphatic heterocycles. The Bertz CT molecular complexity index is 425. The molecule has 2 N–H and O–H groups in total. The molecule has 2 atom stereocenters. The van der Waals surface area contributed by atoms with E-state index in [1.54, 1.807) is 0 Å². The first-order valence-electron chi connectivity index (χ1n) is 6.60. The lowest BCUT2D eigenvalue weighted by Crippen LogP contribution is -2.49. The van der Waals surface area contributed by atoms with Gasteiger partial charge in [-0.25, -0.2) is 0 Å². The number of aryl methyl sites for hydroxylation is 1. The van der Waals surface area contributed by atoms with Crippen LogP contribution in [0, 0.1) is 12.8 Å². The van der Waals surface area contributed by atoms with Gasteiger partial charge in [0, 0.05) is 19.0 Å². The number of nitrogens with zero attached hydrogens (tertiary/aromatic N) is 1. The fraction of sp³-hybridized carbons (Fsp3) is 0.643. The Hall–Kier alpha value is -1.29. The van der Waals surface area contributed by atoms with Gasteiger partial charge in [-0.1, -0.05) is 13.8 Å².